The fourth-order valence-electron chi connectivity index (χ4n) is 6.13. The first-order valence-corrected chi connectivity index (χ1v) is 22.5. The van der Waals surface area contributed by atoms with Gasteiger partial charge in [-0.05, 0) is 0 Å². The Morgan fingerprint density at radius 2 is 0.897 bits per heavy atom. The largest absolute Gasteiger partial charge is 0.195 e. The van der Waals surface area contributed by atoms with Crippen LogP contribution in [0, 0.1) is 0 Å². The van der Waals surface area contributed by atoms with Crippen molar-refractivity contribution < 1.29 is 0 Å². The predicted octanol–water partition coefficient (Wildman–Crippen LogP) is 7.55. The average molecular weight is 644 g/mol. The zero-order valence-electron chi connectivity index (χ0n) is 24.5. The fourth-order valence-corrected chi connectivity index (χ4v) is 15.0. The summed E-state index contributed by atoms with van der Waals surface area (Å²) in [7, 11) is -0.927. The summed E-state index contributed by atoms with van der Waals surface area (Å²) >= 11 is -0.733. The van der Waals surface area contributed by atoms with Gasteiger partial charge in [-0.25, -0.2) is 0 Å². The van der Waals surface area contributed by atoms with Gasteiger partial charge >= 0.3 is 98.1 Å². The van der Waals surface area contributed by atoms with E-state index in [-0.39, 0.29) is 0 Å². The normalized spacial score (nSPS) is 18.1. The zero-order chi connectivity index (χ0) is 27.7. The van der Waals surface area contributed by atoms with E-state index in [4.69, 9.17) is 0 Å². The number of allylic oxidation sites excluding steroid dienone is 1. The van der Waals surface area contributed by atoms with Crippen LogP contribution in [0.2, 0.25) is 32.0 Å². The Morgan fingerprint density at radius 3 is 1.18 bits per heavy atom. The molecule has 5 rings (SSSR count). The summed E-state index contributed by atoms with van der Waals surface area (Å²) in [5.41, 5.74) is 7.90. The molecule has 0 N–H and O–H groups in total. The van der Waals surface area contributed by atoms with Gasteiger partial charge < -0.3 is 0 Å². The van der Waals surface area contributed by atoms with E-state index in [0.717, 1.165) is 7.93 Å². The Bertz CT molecular complexity index is 1110. The molecule has 2 atom stereocenters. The van der Waals surface area contributed by atoms with E-state index in [2.05, 4.69) is 167 Å². The monoisotopic (exact) mass is 646 g/mol. The van der Waals surface area contributed by atoms with Gasteiger partial charge in [-0.3, -0.25) is 0 Å². The van der Waals surface area contributed by atoms with Crippen LogP contribution >= 0.6 is 0 Å². The van der Waals surface area contributed by atoms with Crippen molar-refractivity contribution in [2.45, 2.75) is 58.7 Å². The fraction of sp³-hybridized carbons (Fsp3) is 0.278. The minimum atomic E-state index is -1.22. The van der Waals surface area contributed by atoms with Gasteiger partial charge in [0.05, 0.1) is 0 Å². The van der Waals surface area contributed by atoms with E-state index in [1.54, 1.807) is 0 Å². The van der Waals surface area contributed by atoms with Gasteiger partial charge in [0.1, 0.15) is 6.15 Å². The minimum absolute atomic E-state index is 0.733. The van der Waals surface area contributed by atoms with Crippen molar-refractivity contribution in [3.05, 3.63) is 133 Å². The van der Waals surface area contributed by atoms with Gasteiger partial charge in [-0.1, -0.05) is 121 Å². The Hall–Kier alpha value is -2.31. The van der Waals surface area contributed by atoms with Crippen molar-refractivity contribution in [1.29, 1.82) is 0 Å². The predicted molar refractivity (Wildman–Crippen MR) is 181 cm³/mol. The molecule has 0 amide bonds. The number of benzene rings is 4. The molecule has 0 spiro atoms. The van der Waals surface area contributed by atoms with Crippen LogP contribution in [0.25, 0.3) is 0 Å². The van der Waals surface area contributed by atoms with Crippen molar-refractivity contribution in [3.8, 4) is 0 Å². The minimum Gasteiger partial charge on any atom is -0.195 e. The topological polar surface area (TPSA) is 0 Å². The third kappa shape index (κ3) is 7.46. The number of rotatable bonds is 7. The summed E-state index contributed by atoms with van der Waals surface area (Å²) in [6, 6.07) is 43.5. The van der Waals surface area contributed by atoms with Crippen LogP contribution in [0.4, 0.5) is 0 Å². The van der Waals surface area contributed by atoms with E-state index in [1.165, 1.54) is 39.2 Å². The standard InChI is InChI=1S/C24H20B.C12H25SiTe/c1-5-13-21(14-6-1)25(22-15-7-2-8-16-22,23-17-9-3-10-18-23)24-19-11-4-12-20-24;1-11-7-8-12(2)14(11)10-6-9-13(3,4)5/h1-20H;6,9,11-12H,7-8,10H2,1-5H3/q-1;+1/b;9-6+. The van der Waals surface area contributed by atoms with Crippen molar-refractivity contribution in [1.82, 2.24) is 0 Å². The second-order valence-corrected chi connectivity index (χ2v) is 25.4. The van der Waals surface area contributed by atoms with Crippen molar-refractivity contribution in [2.24, 2.45) is 0 Å². The van der Waals surface area contributed by atoms with Crippen LogP contribution in [-0.4, -0.2) is 33.8 Å². The third-order valence-electron chi connectivity index (χ3n) is 8.12. The van der Waals surface area contributed by atoms with Gasteiger partial charge in [0.15, 0.2) is 0 Å². The van der Waals surface area contributed by atoms with Crippen LogP contribution in [0.3, 0.4) is 0 Å². The zero-order valence-corrected chi connectivity index (χ0v) is 27.8. The van der Waals surface area contributed by atoms with Gasteiger partial charge in [0.2, 0.25) is 0 Å². The molecule has 1 aliphatic heterocycles. The average Bonchev–Trinajstić information content (AvgIpc) is 3.28. The molecule has 4 aromatic rings. The molecule has 4 aromatic carbocycles. The molecule has 1 heterocycles. The van der Waals surface area contributed by atoms with Crippen LogP contribution in [0.5, 0.6) is 0 Å². The first kappa shape index (κ1) is 29.7. The molecule has 202 valence electrons. The summed E-state index contributed by atoms with van der Waals surface area (Å²) in [5.74, 6) is 0. The van der Waals surface area contributed by atoms with Gasteiger partial charge in [0, 0.05) is 0 Å². The molecule has 2 unspecified atom stereocenters. The van der Waals surface area contributed by atoms with E-state index >= 15 is 0 Å². The molecule has 39 heavy (non-hydrogen) atoms. The van der Waals surface area contributed by atoms with Crippen LogP contribution < -0.4 is 21.9 Å². The molecule has 1 fully saturated rings. The van der Waals surface area contributed by atoms with Crippen LogP contribution in [0.1, 0.15) is 26.7 Å². The molecule has 0 aliphatic carbocycles. The summed E-state index contributed by atoms with van der Waals surface area (Å²) in [5, 5.41) is 0. The Balaban J connectivity index is 0.000000215. The van der Waals surface area contributed by atoms with Gasteiger partial charge in [-0.2, -0.15) is 21.9 Å². The molecule has 0 radical (unpaired) electrons. The molecule has 0 saturated carbocycles. The quantitative estimate of drug-likeness (QED) is 0.183. The second-order valence-electron chi connectivity index (χ2n) is 12.1. The molecule has 1 aliphatic rings. The Labute approximate surface area is 246 Å². The summed E-state index contributed by atoms with van der Waals surface area (Å²) in [6.07, 6.45) is 4.38. The first-order chi connectivity index (χ1) is 18.8. The maximum Gasteiger partial charge on any atom is 0.108 e. The number of hydrogen-bond donors (Lipinski definition) is 0. The van der Waals surface area contributed by atoms with E-state index in [0.29, 0.717) is 0 Å². The second kappa shape index (κ2) is 13.8. The Morgan fingerprint density at radius 1 is 0.590 bits per heavy atom. The summed E-state index contributed by atoms with van der Waals surface area (Å²) < 4.78 is 3.75. The van der Waals surface area contributed by atoms with E-state index < -0.39 is 33.8 Å². The summed E-state index contributed by atoms with van der Waals surface area (Å²) in [6.45, 7) is 12.3. The van der Waals surface area contributed by atoms with Gasteiger partial charge in [-0.15, -0.1) is 0 Å². The SMILES string of the molecule is CC1CCC(C)[Te+]1C/C=C/[Si](C)(C)C.c1ccc([B-](c2ccccc2)(c2ccccc2)c2ccccc2)cc1. The molecule has 0 bridgehead atoms. The third-order valence-corrected chi connectivity index (χ3v) is 18.2. The molecular weight excluding hydrogens is 599 g/mol. The van der Waals surface area contributed by atoms with Crippen LogP contribution in [-0.2, 0) is 0 Å². The smallest absolute Gasteiger partial charge is 0.108 e. The van der Waals surface area contributed by atoms with E-state index in [1.807, 2.05) is 0 Å². The van der Waals surface area contributed by atoms with Crippen molar-refractivity contribution in [2.75, 3.05) is 0 Å². The molecule has 0 nitrogen and oxygen atoms in total. The molecule has 1 saturated heterocycles. The van der Waals surface area contributed by atoms with Crippen molar-refractivity contribution in [3.63, 3.8) is 0 Å². The molecule has 0 aromatic heterocycles. The van der Waals surface area contributed by atoms with E-state index in [9.17, 15) is 0 Å². The van der Waals surface area contributed by atoms with Gasteiger partial charge in [0.25, 0.3) is 0 Å². The first-order valence-electron chi connectivity index (χ1n) is 14.6. The maximum atomic E-state index is 2.55. The Kier molecular flexibility index (Phi) is 10.5. The van der Waals surface area contributed by atoms with Crippen molar-refractivity contribution >= 4 is 55.6 Å². The summed E-state index contributed by atoms with van der Waals surface area (Å²) in [4.78, 5) is 0. The van der Waals surface area contributed by atoms with Crippen LogP contribution in [0.15, 0.2) is 133 Å². The molecular formula is C36H45BSiTe. The molecule has 3 heteroatoms. The maximum absolute atomic E-state index is 2.55. The number of hydrogen-bond acceptors (Lipinski definition) is 0.